The highest BCUT2D eigenvalue weighted by atomic mass is 16.4. The van der Waals surface area contributed by atoms with Crippen LogP contribution in [0.4, 0.5) is 0 Å². The molecular weight excluding hydrogens is 217 g/mol. The number of pyridine rings is 1. The first-order valence-corrected chi connectivity index (χ1v) is 5.09. The minimum Gasteiger partial charge on any atom is -0.423 e. The van der Waals surface area contributed by atoms with Crippen LogP contribution in [-0.4, -0.2) is 40.4 Å². The highest BCUT2D eigenvalue weighted by molar-refractivity contribution is 6.58. The lowest BCUT2D eigenvalue weighted by atomic mass is 9.81. The molecule has 2 N–H and O–H groups in total. The van der Waals surface area contributed by atoms with Crippen molar-refractivity contribution in [2.75, 3.05) is 7.05 Å². The Morgan fingerprint density at radius 2 is 2.29 bits per heavy atom. The van der Waals surface area contributed by atoms with Gasteiger partial charge in [0, 0.05) is 24.8 Å². The first-order chi connectivity index (χ1) is 8.10. The molecule has 0 aliphatic heterocycles. The second-order valence-corrected chi connectivity index (χ2v) is 3.48. The molecule has 1 aromatic heterocycles. The van der Waals surface area contributed by atoms with Crippen LogP contribution in [0.3, 0.4) is 0 Å². The molecule has 5 nitrogen and oxygen atoms in total. The Labute approximate surface area is 101 Å². The molecule has 0 aromatic carbocycles. The van der Waals surface area contributed by atoms with E-state index in [1.54, 1.807) is 30.4 Å². The topological polar surface area (TPSA) is 69.0 Å². The van der Waals surface area contributed by atoms with E-state index in [2.05, 4.69) is 16.0 Å². The van der Waals surface area contributed by atoms with Crippen LogP contribution in [0.15, 0.2) is 23.3 Å². The molecule has 1 unspecified atom stereocenters. The van der Waals surface area contributed by atoms with Crippen LogP contribution in [-0.2, 0) is 0 Å². The number of hydrogen-bond donors (Lipinski definition) is 2. The summed E-state index contributed by atoms with van der Waals surface area (Å²) in [7, 11) is 0.128. The zero-order valence-corrected chi connectivity index (χ0v) is 9.78. The van der Waals surface area contributed by atoms with Gasteiger partial charge in [0.2, 0.25) is 0 Å². The summed E-state index contributed by atoms with van der Waals surface area (Å²) in [6.45, 7) is 1.89. The molecule has 0 bridgehead atoms. The van der Waals surface area contributed by atoms with E-state index in [1.807, 2.05) is 6.92 Å². The molecule has 0 saturated heterocycles. The Morgan fingerprint density at radius 3 is 2.71 bits per heavy atom. The third-order valence-corrected chi connectivity index (χ3v) is 2.34. The van der Waals surface area contributed by atoms with Crippen LogP contribution < -0.4 is 5.46 Å². The maximum atomic E-state index is 8.94. The summed E-state index contributed by atoms with van der Waals surface area (Å²) >= 11 is 0. The van der Waals surface area contributed by atoms with E-state index in [1.165, 1.54) is 6.20 Å². The van der Waals surface area contributed by atoms with Crippen molar-refractivity contribution in [3.63, 3.8) is 0 Å². The number of nitrogens with zero attached hydrogens (tertiary/aromatic N) is 3. The van der Waals surface area contributed by atoms with E-state index >= 15 is 0 Å². The van der Waals surface area contributed by atoms with Gasteiger partial charge in [0.25, 0.3) is 0 Å². The highest BCUT2D eigenvalue weighted by Gasteiger charge is 2.15. The number of rotatable bonds is 4. The summed E-state index contributed by atoms with van der Waals surface area (Å²) in [6, 6.07) is 5.65. The summed E-state index contributed by atoms with van der Waals surface area (Å²) in [5.74, 6) is 0. The first kappa shape index (κ1) is 13.2. The lowest BCUT2D eigenvalue weighted by molar-refractivity contribution is 0.425. The second kappa shape index (κ2) is 6.04. The van der Waals surface area contributed by atoms with Crippen molar-refractivity contribution in [1.82, 2.24) is 9.88 Å². The van der Waals surface area contributed by atoms with Gasteiger partial charge in [-0.2, -0.15) is 0 Å². The van der Waals surface area contributed by atoms with E-state index in [4.69, 9.17) is 16.5 Å². The van der Waals surface area contributed by atoms with Gasteiger partial charge in [-0.15, -0.1) is 0 Å². The van der Waals surface area contributed by atoms with Crippen molar-refractivity contribution in [2.45, 2.75) is 13.0 Å². The molecule has 0 fully saturated rings. The second-order valence-electron chi connectivity index (χ2n) is 3.48. The van der Waals surface area contributed by atoms with Gasteiger partial charge in [-0.05, 0) is 13.0 Å². The van der Waals surface area contributed by atoms with Gasteiger partial charge in [-0.1, -0.05) is 12.5 Å². The predicted molar refractivity (Wildman–Crippen MR) is 67.6 cm³/mol. The molecule has 1 rings (SSSR count). The lowest BCUT2D eigenvalue weighted by Gasteiger charge is -2.19. The quantitative estimate of drug-likeness (QED) is 0.238. The van der Waals surface area contributed by atoms with Crippen molar-refractivity contribution < 1.29 is 10.0 Å². The van der Waals surface area contributed by atoms with E-state index in [0.717, 1.165) is 5.69 Å². The Balaban J connectivity index is 2.89. The Kier molecular flexibility index (Phi) is 4.70. The number of aliphatic imine (C=N–C) groups is 1. The van der Waals surface area contributed by atoms with Crippen LogP contribution in [0.2, 0.25) is 0 Å². The summed E-state index contributed by atoms with van der Waals surface area (Å²) in [5.41, 5.74) is 1.07. The van der Waals surface area contributed by atoms with E-state index in [-0.39, 0.29) is 6.04 Å². The van der Waals surface area contributed by atoms with Crippen molar-refractivity contribution in [1.29, 1.82) is 0 Å². The molecule has 0 aliphatic rings. The fourth-order valence-electron chi connectivity index (χ4n) is 1.33. The van der Waals surface area contributed by atoms with Crippen LogP contribution >= 0.6 is 0 Å². The molecule has 88 valence electrons. The molecule has 0 radical (unpaired) electrons. The van der Waals surface area contributed by atoms with Gasteiger partial charge in [0.15, 0.2) is 0 Å². The maximum absolute atomic E-state index is 8.94. The SMILES string of the molecule is C#CN(C=NC)C(C)c1ccc(B(O)O)cn1. The number of hydrogen-bond acceptors (Lipinski definition) is 4. The molecule has 1 heterocycles. The van der Waals surface area contributed by atoms with Crippen LogP contribution in [0, 0.1) is 12.5 Å². The fraction of sp³-hybridized carbons (Fsp3) is 0.273. The van der Waals surface area contributed by atoms with E-state index in [0.29, 0.717) is 5.46 Å². The standard InChI is InChI=1S/C11H14BN3O2/c1-4-15(8-13-3)9(2)11-6-5-10(7-14-11)12(16)17/h1,5-9,16-17H,2-3H3. The normalized spacial score (nSPS) is 12.2. The smallest absolute Gasteiger partial charge is 0.423 e. The summed E-state index contributed by atoms with van der Waals surface area (Å²) in [6.07, 6.45) is 8.31. The van der Waals surface area contributed by atoms with Crippen molar-refractivity contribution in [2.24, 2.45) is 4.99 Å². The molecule has 1 atom stereocenters. The van der Waals surface area contributed by atoms with Gasteiger partial charge < -0.3 is 10.0 Å². The van der Waals surface area contributed by atoms with Crippen molar-refractivity contribution >= 4 is 18.9 Å². The molecule has 17 heavy (non-hydrogen) atoms. The van der Waals surface area contributed by atoms with Crippen LogP contribution in [0.1, 0.15) is 18.7 Å². The molecule has 0 saturated carbocycles. The van der Waals surface area contributed by atoms with Crippen LogP contribution in [0.25, 0.3) is 0 Å². The maximum Gasteiger partial charge on any atom is 0.490 e. The Hall–Kier alpha value is -1.84. The van der Waals surface area contributed by atoms with Gasteiger partial charge in [-0.25, -0.2) is 0 Å². The predicted octanol–water partition coefficient (Wildman–Crippen LogP) is -0.627. The van der Waals surface area contributed by atoms with Gasteiger partial charge >= 0.3 is 7.12 Å². The zero-order chi connectivity index (χ0) is 12.8. The fourth-order valence-corrected chi connectivity index (χ4v) is 1.33. The lowest BCUT2D eigenvalue weighted by Crippen LogP contribution is -2.30. The monoisotopic (exact) mass is 231 g/mol. The van der Waals surface area contributed by atoms with Gasteiger partial charge in [0.1, 0.15) is 0 Å². The minimum atomic E-state index is -1.51. The Bertz CT molecular complexity index is 425. The van der Waals surface area contributed by atoms with Crippen LogP contribution in [0.5, 0.6) is 0 Å². The third-order valence-electron chi connectivity index (χ3n) is 2.34. The third kappa shape index (κ3) is 3.31. The summed E-state index contributed by atoms with van der Waals surface area (Å²) in [4.78, 5) is 9.56. The molecular formula is C11H14BN3O2. The van der Waals surface area contributed by atoms with E-state index < -0.39 is 7.12 Å². The molecule has 0 aliphatic carbocycles. The summed E-state index contributed by atoms with van der Waals surface area (Å²) in [5, 5.41) is 17.9. The average Bonchev–Trinajstić information content (AvgIpc) is 2.35. The van der Waals surface area contributed by atoms with Gasteiger partial charge in [-0.3, -0.25) is 14.9 Å². The van der Waals surface area contributed by atoms with Gasteiger partial charge in [0.05, 0.1) is 18.1 Å². The Morgan fingerprint density at radius 1 is 1.59 bits per heavy atom. The first-order valence-electron chi connectivity index (χ1n) is 5.09. The van der Waals surface area contributed by atoms with Crippen molar-refractivity contribution in [3.8, 4) is 12.5 Å². The molecule has 1 aromatic rings. The van der Waals surface area contributed by atoms with E-state index in [9.17, 15) is 0 Å². The zero-order valence-electron chi connectivity index (χ0n) is 9.78. The average molecular weight is 231 g/mol. The number of aromatic nitrogens is 1. The largest absolute Gasteiger partial charge is 0.490 e. The highest BCUT2D eigenvalue weighted by Crippen LogP contribution is 2.14. The minimum absolute atomic E-state index is 0.131. The summed E-state index contributed by atoms with van der Waals surface area (Å²) < 4.78 is 0. The molecule has 0 spiro atoms. The number of terminal acetylenes is 1. The molecule has 0 amide bonds. The molecule has 6 heteroatoms. The van der Waals surface area contributed by atoms with Crippen molar-refractivity contribution in [3.05, 3.63) is 24.0 Å².